The van der Waals surface area contributed by atoms with Crippen LogP contribution >= 0.6 is 0 Å². The molecule has 5 unspecified atom stereocenters. The van der Waals surface area contributed by atoms with Crippen molar-refractivity contribution < 1.29 is 47.6 Å². The van der Waals surface area contributed by atoms with E-state index in [2.05, 4.69) is 19.6 Å². The minimum atomic E-state index is -1.81. The summed E-state index contributed by atoms with van der Waals surface area (Å²) in [5.41, 5.74) is -3.41. The van der Waals surface area contributed by atoms with Gasteiger partial charge in [-0.3, -0.25) is 38.4 Å². The lowest BCUT2D eigenvalue weighted by molar-refractivity contribution is -0.269. The SMILES string of the molecule is CC(=O)OCC1OC(n2c(=O)c3cc4c(=O)n(COCC[Si](C)(C)C)c(=O)c4cc3c2=O)C(OC(C)=O)C(OC(C)=O)C1OC(C)=O. The second-order valence-corrected chi connectivity index (χ2v) is 18.0. The molecule has 0 bridgehead atoms. The van der Waals surface area contributed by atoms with Crippen molar-refractivity contribution >= 4 is 53.5 Å². The summed E-state index contributed by atoms with van der Waals surface area (Å²) < 4.78 is 34.2. The highest BCUT2D eigenvalue weighted by atomic mass is 28.3. The lowest BCUT2D eigenvalue weighted by Crippen LogP contribution is -2.62. The van der Waals surface area contributed by atoms with Crippen molar-refractivity contribution in [2.24, 2.45) is 0 Å². The highest BCUT2D eigenvalue weighted by Gasteiger charge is 2.53. The number of esters is 4. The molecule has 1 aromatic carbocycles. The van der Waals surface area contributed by atoms with Gasteiger partial charge < -0.3 is 28.4 Å². The monoisotopic (exact) mass is 676 g/mol. The molecular formula is C30H36N2O14Si. The summed E-state index contributed by atoms with van der Waals surface area (Å²) in [6, 6.07) is 3.05. The molecule has 47 heavy (non-hydrogen) atoms. The van der Waals surface area contributed by atoms with Crippen LogP contribution in [0.5, 0.6) is 0 Å². The maximum atomic E-state index is 13.8. The van der Waals surface area contributed by atoms with E-state index in [1.54, 1.807) is 0 Å². The van der Waals surface area contributed by atoms with Gasteiger partial charge in [0.2, 0.25) is 0 Å². The van der Waals surface area contributed by atoms with Crippen molar-refractivity contribution in [1.29, 1.82) is 0 Å². The van der Waals surface area contributed by atoms with E-state index in [9.17, 15) is 38.4 Å². The van der Waals surface area contributed by atoms with E-state index < -0.39 is 91.4 Å². The van der Waals surface area contributed by atoms with E-state index in [1.165, 1.54) is 0 Å². The summed E-state index contributed by atoms with van der Waals surface area (Å²) >= 11 is 0. The fourth-order valence-corrected chi connectivity index (χ4v) is 6.09. The van der Waals surface area contributed by atoms with Gasteiger partial charge in [-0.15, -0.1) is 0 Å². The van der Waals surface area contributed by atoms with Crippen LogP contribution in [0, 0.1) is 0 Å². The van der Waals surface area contributed by atoms with Gasteiger partial charge in [0.05, 0.1) is 21.5 Å². The summed E-state index contributed by atoms with van der Waals surface area (Å²) in [5, 5.41) is -0.729. The maximum absolute atomic E-state index is 13.8. The first-order valence-corrected chi connectivity index (χ1v) is 18.4. The molecule has 4 rings (SSSR count). The smallest absolute Gasteiger partial charge is 0.303 e. The van der Waals surface area contributed by atoms with Crippen LogP contribution in [0.1, 0.15) is 33.9 Å². The van der Waals surface area contributed by atoms with Gasteiger partial charge in [0.1, 0.15) is 19.4 Å². The Morgan fingerprint density at radius 3 is 1.64 bits per heavy atom. The zero-order valence-electron chi connectivity index (χ0n) is 27.0. The fraction of sp³-hybridized carbons (Fsp3) is 0.533. The number of hydrogen-bond donors (Lipinski definition) is 0. The van der Waals surface area contributed by atoms with Crippen molar-refractivity contribution in [2.75, 3.05) is 13.2 Å². The van der Waals surface area contributed by atoms with Crippen molar-refractivity contribution in [1.82, 2.24) is 9.13 Å². The highest BCUT2D eigenvalue weighted by molar-refractivity contribution is 6.76. The predicted octanol–water partition coefficient (Wildman–Crippen LogP) is 0.480. The van der Waals surface area contributed by atoms with Crippen molar-refractivity contribution in [2.45, 2.75) is 90.8 Å². The molecule has 0 N–H and O–H groups in total. The number of carbonyl (C=O) groups is 4. The van der Waals surface area contributed by atoms with Gasteiger partial charge in [-0.2, -0.15) is 0 Å². The standard InChI is InChI=1S/C30H36N2O14Si/c1-14(33)42-12-22-23(43-15(2)34)24(44-16(3)35)25(45-17(4)36)30(46-22)32-28(39)20-10-18-19(11-21(20)29(32)40)27(38)31(26(18)37)13-41-8-9-47(5,6)7/h10-11,22-25,30H,8-9,12-13H2,1-7H3. The first-order valence-electron chi connectivity index (χ1n) is 14.7. The number of rotatable bonds is 11. The highest BCUT2D eigenvalue weighted by Crippen LogP contribution is 2.34. The zero-order valence-corrected chi connectivity index (χ0v) is 28.0. The molecule has 1 aliphatic heterocycles. The van der Waals surface area contributed by atoms with E-state index in [0.717, 1.165) is 50.4 Å². The molecule has 17 heteroatoms. The molecule has 3 aromatic rings. The Morgan fingerprint density at radius 2 is 1.17 bits per heavy atom. The molecule has 0 saturated carbocycles. The molecule has 2 aromatic heterocycles. The summed E-state index contributed by atoms with van der Waals surface area (Å²) in [7, 11) is -1.43. The molecule has 0 radical (unpaired) electrons. The molecule has 0 spiro atoms. The molecule has 0 aliphatic carbocycles. The van der Waals surface area contributed by atoms with Gasteiger partial charge in [-0.1, -0.05) is 19.6 Å². The average molecular weight is 677 g/mol. The van der Waals surface area contributed by atoms with Crippen molar-refractivity contribution in [3.05, 3.63) is 53.5 Å². The van der Waals surface area contributed by atoms with Crippen LogP contribution in [0.15, 0.2) is 31.3 Å². The number of carbonyl (C=O) groups excluding carboxylic acids is 4. The van der Waals surface area contributed by atoms with Gasteiger partial charge in [-0.05, 0) is 18.2 Å². The Morgan fingerprint density at radius 1 is 0.702 bits per heavy atom. The molecular weight excluding hydrogens is 640 g/mol. The van der Waals surface area contributed by atoms with Crippen LogP contribution in [0.25, 0.3) is 21.5 Å². The van der Waals surface area contributed by atoms with Gasteiger partial charge in [0.15, 0.2) is 24.5 Å². The minimum absolute atomic E-state index is 0.118. The quantitative estimate of drug-likeness (QED) is 0.117. The van der Waals surface area contributed by atoms with E-state index in [-0.39, 0.29) is 28.3 Å². The Kier molecular flexibility index (Phi) is 10.3. The predicted molar refractivity (Wildman–Crippen MR) is 166 cm³/mol. The third-order valence-electron chi connectivity index (χ3n) is 7.44. The molecule has 1 aliphatic rings. The Bertz CT molecular complexity index is 1850. The molecule has 16 nitrogen and oxygen atoms in total. The van der Waals surface area contributed by atoms with Crippen LogP contribution in [0.3, 0.4) is 0 Å². The van der Waals surface area contributed by atoms with Crippen LogP contribution in [0.2, 0.25) is 25.7 Å². The number of aromatic nitrogens is 2. The number of nitrogens with zero attached hydrogens (tertiary/aromatic N) is 2. The number of hydrogen-bond acceptors (Lipinski definition) is 14. The lowest BCUT2D eigenvalue weighted by atomic mass is 9.97. The zero-order chi connectivity index (χ0) is 35.0. The summed E-state index contributed by atoms with van der Waals surface area (Å²) in [6.07, 6.45) is -8.09. The maximum Gasteiger partial charge on any atom is 0.303 e. The van der Waals surface area contributed by atoms with Crippen molar-refractivity contribution in [3.63, 3.8) is 0 Å². The van der Waals surface area contributed by atoms with Crippen LogP contribution in [0.4, 0.5) is 0 Å². The molecule has 0 amide bonds. The van der Waals surface area contributed by atoms with Crippen LogP contribution < -0.4 is 22.2 Å². The Hall–Kier alpha value is -4.48. The summed E-state index contributed by atoms with van der Waals surface area (Å²) in [4.78, 5) is 102. The number of benzene rings is 1. The molecule has 3 heterocycles. The molecule has 1 fully saturated rings. The normalized spacial score (nSPS) is 21.5. The number of fused-ring (bicyclic) bond motifs is 2. The van der Waals surface area contributed by atoms with Crippen LogP contribution in [-0.2, 0) is 54.3 Å². The third-order valence-corrected chi connectivity index (χ3v) is 9.15. The van der Waals surface area contributed by atoms with Gasteiger partial charge in [-0.25, -0.2) is 9.13 Å². The lowest BCUT2D eigenvalue weighted by Gasteiger charge is -2.44. The summed E-state index contributed by atoms with van der Waals surface area (Å²) in [6.45, 7) is 10.1. The fourth-order valence-electron chi connectivity index (χ4n) is 5.34. The largest absolute Gasteiger partial charge is 0.463 e. The van der Waals surface area contributed by atoms with Gasteiger partial charge in [0.25, 0.3) is 22.2 Å². The molecule has 1 saturated heterocycles. The number of ether oxygens (including phenoxy) is 6. The Labute approximate surface area is 267 Å². The molecule has 254 valence electrons. The van der Waals surface area contributed by atoms with Crippen molar-refractivity contribution in [3.8, 4) is 0 Å². The second kappa shape index (κ2) is 13.7. The second-order valence-electron chi connectivity index (χ2n) is 12.4. The van der Waals surface area contributed by atoms with E-state index in [0.29, 0.717) is 11.2 Å². The average Bonchev–Trinajstić information content (AvgIpc) is 3.33. The van der Waals surface area contributed by atoms with Gasteiger partial charge >= 0.3 is 23.9 Å². The van der Waals surface area contributed by atoms with E-state index in [4.69, 9.17) is 28.4 Å². The first kappa shape index (κ1) is 35.4. The topological polar surface area (TPSA) is 202 Å². The Balaban J connectivity index is 1.85. The minimum Gasteiger partial charge on any atom is -0.463 e. The summed E-state index contributed by atoms with van der Waals surface area (Å²) in [5.74, 6) is -3.44. The van der Waals surface area contributed by atoms with Crippen LogP contribution in [-0.4, -0.2) is 78.7 Å². The van der Waals surface area contributed by atoms with E-state index in [1.807, 2.05) is 0 Å². The molecule has 5 atom stereocenters. The van der Waals surface area contributed by atoms with E-state index >= 15 is 0 Å². The van der Waals surface area contributed by atoms with Gasteiger partial charge in [0, 0.05) is 42.4 Å². The third kappa shape index (κ3) is 7.57. The first-order chi connectivity index (χ1) is 21.9.